The third-order valence-electron chi connectivity index (χ3n) is 9.27. The maximum atomic E-state index is 6.39. The first-order valence-corrected chi connectivity index (χ1v) is 20.2. The molecule has 6 aromatic rings. The van der Waals surface area contributed by atoms with Gasteiger partial charge in [-0.05, 0) is 0 Å². The summed E-state index contributed by atoms with van der Waals surface area (Å²) < 4.78 is 7.32. The Hall–Kier alpha value is -3.06. The summed E-state index contributed by atoms with van der Waals surface area (Å²) >= 11 is 2.60. The van der Waals surface area contributed by atoms with Gasteiger partial charge in [0.1, 0.15) is 0 Å². The molecule has 4 heteroatoms. The molecule has 44 heavy (non-hydrogen) atoms. The molecule has 0 saturated carbocycles. The Kier molecular flexibility index (Phi) is 8.71. The van der Waals surface area contributed by atoms with E-state index in [0.717, 1.165) is 17.9 Å². The zero-order chi connectivity index (χ0) is 28.3. The molecule has 0 amide bonds. The van der Waals surface area contributed by atoms with E-state index in [0.29, 0.717) is 0 Å². The second-order valence-electron chi connectivity index (χ2n) is 11.7. The van der Waals surface area contributed by atoms with Gasteiger partial charge in [0.2, 0.25) is 0 Å². The molecular weight excluding hydrogens is 678 g/mol. The van der Waals surface area contributed by atoms with Crippen molar-refractivity contribution in [1.82, 2.24) is 0 Å². The number of hydrogen-bond acceptors (Lipinski definition) is 0. The van der Waals surface area contributed by atoms with Crippen LogP contribution in [0.2, 0.25) is 5.02 Å². The molecule has 0 aliphatic heterocycles. The van der Waals surface area contributed by atoms with Gasteiger partial charge in [-0.15, -0.1) is 24.8 Å². The number of halogens is 3. The van der Waals surface area contributed by atoms with Gasteiger partial charge in [-0.25, -0.2) is 0 Å². The van der Waals surface area contributed by atoms with Crippen LogP contribution >= 0.6 is 36.4 Å². The Morgan fingerprint density at radius 2 is 1.41 bits per heavy atom. The molecular formula is C40H32Cl3Zr. The largest absolute Gasteiger partial charge is 0.147 e. The van der Waals surface area contributed by atoms with E-state index in [4.69, 9.17) is 11.6 Å². The molecule has 0 saturated heterocycles. The van der Waals surface area contributed by atoms with E-state index < -0.39 is 19.8 Å². The average molecular weight is 710 g/mol. The Labute approximate surface area is 280 Å². The van der Waals surface area contributed by atoms with Gasteiger partial charge in [-0.3, -0.25) is 0 Å². The Morgan fingerprint density at radius 3 is 2.16 bits per heavy atom. The van der Waals surface area contributed by atoms with Crippen LogP contribution in [0.5, 0.6) is 0 Å². The van der Waals surface area contributed by atoms with E-state index >= 15 is 0 Å². The van der Waals surface area contributed by atoms with Crippen LogP contribution < -0.4 is 6.54 Å². The van der Waals surface area contributed by atoms with Crippen molar-refractivity contribution < 1.29 is 19.8 Å². The minimum absolute atomic E-state index is 0. The number of hydrogen-bond donors (Lipinski definition) is 0. The second-order valence-corrected chi connectivity index (χ2v) is 21.1. The first-order chi connectivity index (χ1) is 20.6. The molecule has 0 fully saturated rings. The first kappa shape index (κ1) is 30.9. The van der Waals surface area contributed by atoms with E-state index in [1.54, 1.807) is 6.55 Å². The quantitative estimate of drug-likeness (QED) is 0.160. The first-order valence-electron chi connectivity index (χ1n) is 14.7. The second kappa shape index (κ2) is 12.4. The SMILES string of the molecule is Cc1cc[c]([Zr](=[CH]c2ccc(Cl)cc2)([C]2=CC=CC2)[c]2cccc3c2c2c(c4ccccc43)-c3ccccc3C2)cc1.Cl.Cl. The number of allylic oxidation sites excluding steroid dienone is 4. The van der Waals surface area contributed by atoms with E-state index in [2.05, 4.69) is 132 Å². The predicted molar refractivity (Wildman–Crippen MR) is 193 cm³/mol. The van der Waals surface area contributed by atoms with Gasteiger partial charge in [-0.2, -0.15) is 0 Å². The summed E-state index contributed by atoms with van der Waals surface area (Å²) in [4.78, 5) is 0. The molecule has 2 aliphatic rings. The number of fused-ring (bicyclic) bond motifs is 8. The van der Waals surface area contributed by atoms with Crippen LogP contribution in [0.4, 0.5) is 0 Å². The average Bonchev–Trinajstić information content (AvgIpc) is 3.71. The fraction of sp³-hybridized carbons (Fsp3) is 0.0750. The summed E-state index contributed by atoms with van der Waals surface area (Å²) in [5.74, 6) is 0. The fourth-order valence-corrected chi connectivity index (χ4v) is 19.2. The summed E-state index contributed by atoms with van der Waals surface area (Å²) in [6, 6.07) is 43.1. The van der Waals surface area contributed by atoms with Crippen LogP contribution in [0.25, 0.3) is 32.7 Å². The van der Waals surface area contributed by atoms with E-state index in [1.165, 1.54) is 58.2 Å². The topological polar surface area (TPSA) is 0 Å². The van der Waals surface area contributed by atoms with Crippen LogP contribution in [-0.4, -0.2) is 3.71 Å². The molecule has 1 atom stereocenters. The maximum absolute atomic E-state index is 6.39. The fourth-order valence-electron chi connectivity index (χ4n) is 7.38. The Bertz CT molecular complexity index is 2150. The minimum Gasteiger partial charge on any atom is -0.147 e. The number of aryl methyl sites for hydroxylation is 1. The van der Waals surface area contributed by atoms with Gasteiger partial charge >= 0.3 is 258 Å². The monoisotopic (exact) mass is 707 g/mol. The molecule has 217 valence electrons. The molecule has 8 rings (SSSR count). The van der Waals surface area contributed by atoms with Gasteiger partial charge in [0.15, 0.2) is 0 Å². The van der Waals surface area contributed by atoms with Crippen LogP contribution in [0.15, 0.2) is 137 Å². The molecule has 0 nitrogen and oxygen atoms in total. The van der Waals surface area contributed by atoms with Crippen molar-refractivity contribution in [2.75, 3.05) is 0 Å². The Balaban J connectivity index is 0.00000171. The molecule has 0 N–H and O–H groups in total. The van der Waals surface area contributed by atoms with Crippen molar-refractivity contribution in [1.29, 1.82) is 0 Å². The molecule has 0 bridgehead atoms. The van der Waals surface area contributed by atoms with Crippen molar-refractivity contribution >= 4 is 68.2 Å². The zero-order valence-electron chi connectivity index (χ0n) is 24.4. The van der Waals surface area contributed by atoms with Gasteiger partial charge in [0, 0.05) is 0 Å². The molecule has 6 aromatic carbocycles. The van der Waals surface area contributed by atoms with Crippen LogP contribution in [0.1, 0.15) is 28.7 Å². The van der Waals surface area contributed by atoms with Gasteiger partial charge in [0.25, 0.3) is 0 Å². The van der Waals surface area contributed by atoms with Crippen LogP contribution in [0, 0.1) is 6.92 Å². The van der Waals surface area contributed by atoms with Crippen molar-refractivity contribution in [2.24, 2.45) is 0 Å². The zero-order valence-corrected chi connectivity index (χ0v) is 29.2. The van der Waals surface area contributed by atoms with Crippen LogP contribution in [-0.2, 0) is 26.2 Å². The van der Waals surface area contributed by atoms with E-state index in [-0.39, 0.29) is 24.8 Å². The van der Waals surface area contributed by atoms with Gasteiger partial charge in [-0.1, -0.05) is 0 Å². The van der Waals surface area contributed by atoms with Crippen molar-refractivity contribution in [2.45, 2.75) is 19.8 Å². The molecule has 0 aromatic heterocycles. The summed E-state index contributed by atoms with van der Waals surface area (Å²) in [7, 11) is 0. The van der Waals surface area contributed by atoms with Gasteiger partial charge < -0.3 is 0 Å². The summed E-state index contributed by atoms with van der Waals surface area (Å²) in [6.45, 7) is 2.19. The maximum Gasteiger partial charge on any atom is -0.147 e. The van der Waals surface area contributed by atoms with Crippen molar-refractivity contribution in [3.63, 3.8) is 0 Å². The Morgan fingerprint density at radius 1 is 0.705 bits per heavy atom. The summed E-state index contributed by atoms with van der Waals surface area (Å²) in [5.41, 5.74) is 8.28. The number of benzene rings is 6. The standard InChI is InChI=1S/C21H13.C7H5Cl.C7H7.C5H5.2ClH.Zr/c1-2-8-15-14(7-1)13-20-18-11-4-3-9-16(18)17-10-5-6-12-19(17)21(15)20;1-6-2-4-7(8)5-3-6;1-7-5-3-2-4-6-7;1-2-4-5-3-1;;;/h1-10,12H,13H2;1-5H;3-6H,1H3;1-3H,4H2;2*1H;. The van der Waals surface area contributed by atoms with Gasteiger partial charge in [0.05, 0.1) is 0 Å². The normalized spacial score (nSPS) is 14.3. The molecule has 1 unspecified atom stereocenters. The summed E-state index contributed by atoms with van der Waals surface area (Å²) in [6.07, 6.45) is 9.01. The third kappa shape index (κ3) is 4.90. The molecule has 0 heterocycles. The van der Waals surface area contributed by atoms with E-state index in [1.807, 2.05) is 12.1 Å². The number of rotatable bonds is 4. The van der Waals surface area contributed by atoms with E-state index in [9.17, 15) is 0 Å². The minimum atomic E-state index is -3.78. The van der Waals surface area contributed by atoms with Crippen molar-refractivity contribution in [3.8, 4) is 11.1 Å². The molecule has 2 aliphatic carbocycles. The van der Waals surface area contributed by atoms with Crippen LogP contribution in [0.3, 0.4) is 0 Å². The molecule has 0 spiro atoms. The van der Waals surface area contributed by atoms with Crippen molar-refractivity contribution in [3.05, 3.63) is 164 Å². The smallest absolute Gasteiger partial charge is 0.147 e. The predicted octanol–water partition coefficient (Wildman–Crippen LogP) is 10.2. The molecule has 0 radical (unpaired) electrons. The summed E-state index contributed by atoms with van der Waals surface area (Å²) in [5, 5.41) is 6.33. The third-order valence-corrected chi connectivity index (χ3v) is 21.0.